The van der Waals surface area contributed by atoms with Crippen LogP contribution in [0.15, 0.2) is 30.9 Å². The van der Waals surface area contributed by atoms with Crippen molar-refractivity contribution in [3.05, 3.63) is 46.5 Å². The van der Waals surface area contributed by atoms with Crippen molar-refractivity contribution in [1.82, 2.24) is 5.32 Å². The van der Waals surface area contributed by atoms with E-state index >= 15 is 0 Å². The largest absolute Gasteiger partial charge is 0.507 e. The fourth-order valence-corrected chi connectivity index (χ4v) is 1.17. The summed E-state index contributed by atoms with van der Waals surface area (Å²) in [5.74, 6) is -0.933. The molecule has 1 aromatic rings. The summed E-state index contributed by atoms with van der Waals surface area (Å²) in [4.78, 5) is 21.4. The van der Waals surface area contributed by atoms with E-state index < -0.39 is 16.6 Å². The van der Waals surface area contributed by atoms with Gasteiger partial charge in [0.1, 0.15) is 5.75 Å². The first-order valence-electron chi connectivity index (χ1n) is 4.86. The number of hydrogen-bond acceptors (Lipinski definition) is 4. The molecule has 0 saturated carbocycles. The van der Waals surface area contributed by atoms with E-state index in [1.54, 1.807) is 6.92 Å². The Labute approximate surface area is 97.7 Å². The predicted octanol–water partition coefficient (Wildman–Crippen LogP) is 1.60. The average Bonchev–Trinajstić information content (AvgIpc) is 2.28. The van der Waals surface area contributed by atoms with Gasteiger partial charge in [0.25, 0.3) is 11.6 Å². The van der Waals surface area contributed by atoms with Gasteiger partial charge in [0, 0.05) is 12.1 Å². The second kappa shape index (κ2) is 5.11. The van der Waals surface area contributed by atoms with Crippen molar-refractivity contribution in [2.24, 2.45) is 0 Å². The van der Waals surface area contributed by atoms with Gasteiger partial charge in [-0.05, 0) is 13.0 Å². The van der Waals surface area contributed by atoms with Crippen molar-refractivity contribution in [3.8, 4) is 5.75 Å². The summed E-state index contributed by atoms with van der Waals surface area (Å²) >= 11 is 0. The standard InChI is InChI=1S/C11H12N2O4/c1-3-7(2)12-11(15)9-5-4-8(13(16)17)6-10(9)14/h3-7,14H,1H2,2H3,(H,12,15)/t7-/m1/s1. The highest BCUT2D eigenvalue weighted by Crippen LogP contribution is 2.23. The van der Waals surface area contributed by atoms with Gasteiger partial charge in [-0.3, -0.25) is 14.9 Å². The number of carbonyl (C=O) groups excluding carboxylic acids is 1. The molecule has 1 amide bonds. The fraction of sp³-hybridized carbons (Fsp3) is 0.182. The number of nitro groups is 1. The van der Waals surface area contributed by atoms with Crippen LogP contribution in [0.25, 0.3) is 0 Å². The molecule has 0 fully saturated rings. The Bertz CT molecular complexity index is 471. The molecule has 17 heavy (non-hydrogen) atoms. The molecular weight excluding hydrogens is 224 g/mol. The SMILES string of the molecule is C=C[C@@H](C)NC(=O)c1ccc([N+](=O)[O-])cc1O. The predicted molar refractivity (Wildman–Crippen MR) is 61.9 cm³/mol. The topological polar surface area (TPSA) is 92.5 Å². The summed E-state index contributed by atoms with van der Waals surface area (Å²) in [5, 5.41) is 22.5. The molecule has 0 aliphatic rings. The molecule has 1 rings (SSSR count). The van der Waals surface area contributed by atoms with Gasteiger partial charge < -0.3 is 10.4 Å². The molecule has 0 spiro atoms. The zero-order valence-corrected chi connectivity index (χ0v) is 9.21. The third kappa shape index (κ3) is 3.04. The molecule has 0 aliphatic carbocycles. The van der Waals surface area contributed by atoms with Crippen LogP contribution in [0.2, 0.25) is 0 Å². The number of nitro benzene ring substituents is 1. The average molecular weight is 236 g/mol. The molecule has 0 unspecified atom stereocenters. The van der Waals surface area contributed by atoms with E-state index in [9.17, 15) is 20.0 Å². The molecule has 6 heteroatoms. The highest BCUT2D eigenvalue weighted by atomic mass is 16.6. The van der Waals surface area contributed by atoms with Crippen LogP contribution in [0.3, 0.4) is 0 Å². The number of hydrogen-bond donors (Lipinski definition) is 2. The number of carbonyl (C=O) groups is 1. The molecule has 2 N–H and O–H groups in total. The van der Waals surface area contributed by atoms with Crippen molar-refractivity contribution in [2.75, 3.05) is 0 Å². The number of nitrogens with zero attached hydrogens (tertiary/aromatic N) is 1. The summed E-state index contributed by atoms with van der Waals surface area (Å²) in [6.45, 7) is 5.22. The highest BCUT2D eigenvalue weighted by Gasteiger charge is 2.16. The number of phenols is 1. The maximum atomic E-state index is 11.6. The quantitative estimate of drug-likeness (QED) is 0.471. The minimum absolute atomic E-state index is 0.00991. The highest BCUT2D eigenvalue weighted by molar-refractivity contribution is 5.97. The Kier molecular flexibility index (Phi) is 3.82. The lowest BCUT2D eigenvalue weighted by atomic mass is 10.1. The van der Waals surface area contributed by atoms with Crippen LogP contribution >= 0.6 is 0 Å². The third-order valence-corrected chi connectivity index (χ3v) is 2.15. The van der Waals surface area contributed by atoms with Gasteiger partial charge in [-0.2, -0.15) is 0 Å². The van der Waals surface area contributed by atoms with Crippen LogP contribution in [0.1, 0.15) is 17.3 Å². The Morgan fingerprint density at radius 3 is 2.76 bits per heavy atom. The van der Waals surface area contributed by atoms with Crippen molar-refractivity contribution in [2.45, 2.75) is 13.0 Å². The van der Waals surface area contributed by atoms with Gasteiger partial charge in [-0.25, -0.2) is 0 Å². The summed E-state index contributed by atoms with van der Waals surface area (Å²) in [6.07, 6.45) is 1.53. The van der Waals surface area contributed by atoms with E-state index in [0.717, 1.165) is 12.1 Å². The van der Waals surface area contributed by atoms with Crippen molar-refractivity contribution in [1.29, 1.82) is 0 Å². The maximum Gasteiger partial charge on any atom is 0.273 e. The van der Waals surface area contributed by atoms with Gasteiger partial charge in [-0.15, -0.1) is 6.58 Å². The van der Waals surface area contributed by atoms with Gasteiger partial charge in [-0.1, -0.05) is 6.08 Å². The maximum absolute atomic E-state index is 11.6. The molecule has 1 aromatic carbocycles. The first kappa shape index (κ1) is 12.7. The minimum atomic E-state index is -0.645. The minimum Gasteiger partial charge on any atom is -0.507 e. The third-order valence-electron chi connectivity index (χ3n) is 2.15. The van der Waals surface area contributed by atoms with Gasteiger partial charge in [0.15, 0.2) is 0 Å². The number of aromatic hydroxyl groups is 1. The van der Waals surface area contributed by atoms with E-state index in [0.29, 0.717) is 0 Å². The summed E-state index contributed by atoms with van der Waals surface area (Å²) < 4.78 is 0. The smallest absolute Gasteiger partial charge is 0.273 e. The van der Waals surface area contributed by atoms with Crippen LogP contribution in [0, 0.1) is 10.1 Å². The molecular formula is C11H12N2O4. The molecule has 6 nitrogen and oxygen atoms in total. The Morgan fingerprint density at radius 1 is 1.65 bits per heavy atom. The molecule has 0 bridgehead atoms. The van der Waals surface area contributed by atoms with Crippen LogP contribution < -0.4 is 5.32 Å². The normalized spacial score (nSPS) is 11.6. The second-order valence-corrected chi connectivity index (χ2v) is 3.46. The number of rotatable bonds is 4. The molecule has 0 saturated heterocycles. The zero-order valence-electron chi connectivity index (χ0n) is 9.21. The van der Waals surface area contributed by atoms with Gasteiger partial charge in [0.2, 0.25) is 0 Å². The zero-order chi connectivity index (χ0) is 13.0. The lowest BCUT2D eigenvalue weighted by molar-refractivity contribution is -0.384. The lowest BCUT2D eigenvalue weighted by Gasteiger charge is -2.09. The fourth-order valence-electron chi connectivity index (χ4n) is 1.17. The second-order valence-electron chi connectivity index (χ2n) is 3.46. The van der Waals surface area contributed by atoms with E-state index in [1.165, 1.54) is 12.1 Å². The van der Waals surface area contributed by atoms with Gasteiger partial charge in [0.05, 0.1) is 16.6 Å². The van der Waals surface area contributed by atoms with Crippen molar-refractivity contribution < 1.29 is 14.8 Å². The molecule has 0 aromatic heterocycles. The van der Waals surface area contributed by atoms with Crippen molar-refractivity contribution >= 4 is 11.6 Å². The monoisotopic (exact) mass is 236 g/mol. The molecule has 0 aliphatic heterocycles. The molecule has 0 radical (unpaired) electrons. The first-order chi connectivity index (χ1) is 7.95. The first-order valence-corrected chi connectivity index (χ1v) is 4.86. The Morgan fingerprint density at radius 2 is 2.29 bits per heavy atom. The Hall–Kier alpha value is -2.37. The van der Waals surface area contributed by atoms with E-state index in [2.05, 4.69) is 11.9 Å². The van der Waals surface area contributed by atoms with E-state index in [1.807, 2.05) is 0 Å². The molecule has 1 atom stereocenters. The molecule has 0 heterocycles. The van der Waals surface area contributed by atoms with Crippen molar-refractivity contribution in [3.63, 3.8) is 0 Å². The van der Waals surface area contributed by atoms with Crippen LogP contribution in [0.4, 0.5) is 5.69 Å². The number of nitrogens with one attached hydrogen (secondary N) is 1. The Balaban J connectivity index is 2.96. The number of non-ortho nitro benzene ring substituents is 1. The molecule has 90 valence electrons. The summed E-state index contributed by atoms with van der Waals surface area (Å²) in [5.41, 5.74) is -0.278. The van der Waals surface area contributed by atoms with E-state index in [-0.39, 0.29) is 17.3 Å². The number of phenolic OH excluding ortho intramolecular Hbond substituents is 1. The lowest BCUT2D eigenvalue weighted by Crippen LogP contribution is -2.30. The number of amides is 1. The van der Waals surface area contributed by atoms with Crippen LogP contribution in [-0.4, -0.2) is 22.0 Å². The van der Waals surface area contributed by atoms with Crippen LogP contribution in [-0.2, 0) is 0 Å². The van der Waals surface area contributed by atoms with Gasteiger partial charge >= 0.3 is 0 Å². The summed E-state index contributed by atoms with van der Waals surface area (Å²) in [7, 11) is 0. The van der Waals surface area contributed by atoms with Crippen LogP contribution in [0.5, 0.6) is 5.75 Å². The summed E-state index contributed by atoms with van der Waals surface area (Å²) in [6, 6.07) is 3.05. The number of benzene rings is 1. The van der Waals surface area contributed by atoms with E-state index in [4.69, 9.17) is 0 Å².